The summed E-state index contributed by atoms with van der Waals surface area (Å²) in [6.07, 6.45) is 16.3. The predicted molar refractivity (Wildman–Crippen MR) is 138 cm³/mol. The van der Waals surface area contributed by atoms with Crippen LogP contribution in [0.15, 0.2) is 42.5 Å². The fourth-order valence-electron chi connectivity index (χ4n) is 5.70. The number of alkyl halides is 2. The Morgan fingerprint density at radius 2 is 1.35 bits per heavy atom. The standard InChI is InChI=1S/C31H43F3/c1-3-5-7-8-9-11-20-30(21-12-10-13-22-30)27-17-14-25(15-18-27)26-16-19-28(29(32)24-26)31(33,34)23-6-4-2/h14-19,24H,3-13,20-23H2,1-2H3. The Morgan fingerprint density at radius 3 is 2.00 bits per heavy atom. The average molecular weight is 473 g/mol. The largest absolute Gasteiger partial charge is 0.276 e. The van der Waals surface area contributed by atoms with E-state index in [0.717, 1.165) is 5.56 Å². The van der Waals surface area contributed by atoms with Crippen LogP contribution in [0.1, 0.15) is 121 Å². The van der Waals surface area contributed by atoms with Crippen LogP contribution in [0.3, 0.4) is 0 Å². The van der Waals surface area contributed by atoms with Crippen molar-refractivity contribution in [3.05, 3.63) is 59.4 Å². The zero-order chi connectivity index (χ0) is 24.4. The molecule has 3 heteroatoms. The molecule has 0 N–H and O–H groups in total. The maximum atomic E-state index is 14.7. The summed E-state index contributed by atoms with van der Waals surface area (Å²) in [7, 11) is 0. The molecule has 1 saturated carbocycles. The zero-order valence-corrected chi connectivity index (χ0v) is 21.3. The van der Waals surface area contributed by atoms with Crippen LogP contribution in [0.2, 0.25) is 0 Å². The second-order valence-corrected chi connectivity index (χ2v) is 10.4. The third-order valence-electron chi connectivity index (χ3n) is 7.86. The van der Waals surface area contributed by atoms with Crippen LogP contribution in [0.5, 0.6) is 0 Å². The third-order valence-corrected chi connectivity index (χ3v) is 7.86. The van der Waals surface area contributed by atoms with Gasteiger partial charge in [-0.05, 0) is 59.9 Å². The van der Waals surface area contributed by atoms with Crippen molar-refractivity contribution in [3.63, 3.8) is 0 Å². The minimum absolute atomic E-state index is 0.262. The number of rotatable bonds is 13. The maximum Gasteiger partial charge on any atom is 0.276 e. The lowest BCUT2D eigenvalue weighted by atomic mass is 9.66. The highest BCUT2D eigenvalue weighted by molar-refractivity contribution is 5.64. The molecule has 3 rings (SSSR count). The quantitative estimate of drug-likeness (QED) is 0.254. The van der Waals surface area contributed by atoms with Gasteiger partial charge in [0.05, 0.1) is 5.56 Å². The van der Waals surface area contributed by atoms with Crippen molar-refractivity contribution in [2.75, 3.05) is 0 Å². The molecule has 0 atom stereocenters. The Balaban J connectivity index is 1.72. The molecule has 0 aromatic heterocycles. The maximum absolute atomic E-state index is 14.7. The normalized spacial score (nSPS) is 16.0. The summed E-state index contributed by atoms with van der Waals surface area (Å²) in [5, 5.41) is 0. The highest BCUT2D eigenvalue weighted by Gasteiger charge is 2.34. The number of unbranched alkanes of at least 4 members (excludes halogenated alkanes) is 6. The summed E-state index contributed by atoms with van der Waals surface area (Å²) < 4.78 is 43.4. The SMILES string of the molecule is CCCCCCCCC1(c2ccc(-c3ccc(C(F)(F)CCCC)c(F)c3)cc2)CCCCC1. The lowest BCUT2D eigenvalue weighted by Gasteiger charge is -2.38. The van der Waals surface area contributed by atoms with Crippen molar-refractivity contribution in [1.29, 1.82) is 0 Å². The Hall–Kier alpha value is -1.77. The minimum Gasteiger partial charge on any atom is -0.206 e. The zero-order valence-electron chi connectivity index (χ0n) is 21.3. The molecular weight excluding hydrogens is 429 g/mol. The number of hydrogen-bond acceptors (Lipinski definition) is 0. The summed E-state index contributed by atoms with van der Waals surface area (Å²) in [6.45, 7) is 4.12. The molecule has 1 fully saturated rings. The number of halogens is 3. The molecule has 0 bridgehead atoms. The van der Waals surface area contributed by atoms with E-state index in [1.807, 2.05) is 6.92 Å². The van der Waals surface area contributed by atoms with E-state index in [9.17, 15) is 13.2 Å². The first-order valence-corrected chi connectivity index (χ1v) is 13.7. The van der Waals surface area contributed by atoms with Crippen LogP contribution in [0.4, 0.5) is 13.2 Å². The Kier molecular flexibility index (Phi) is 10.1. The van der Waals surface area contributed by atoms with E-state index >= 15 is 0 Å². The van der Waals surface area contributed by atoms with E-state index in [4.69, 9.17) is 0 Å². The molecule has 2 aromatic rings. The van der Waals surface area contributed by atoms with Crippen LogP contribution in [0.25, 0.3) is 11.1 Å². The van der Waals surface area contributed by atoms with Gasteiger partial charge in [-0.2, -0.15) is 0 Å². The predicted octanol–water partition coefficient (Wildman–Crippen LogP) is 10.7. The van der Waals surface area contributed by atoms with Gasteiger partial charge in [0.1, 0.15) is 5.82 Å². The highest BCUT2D eigenvalue weighted by Crippen LogP contribution is 2.44. The fraction of sp³-hybridized carbons (Fsp3) is 0.613. The van der Waals surface area contributed by atoms with Crippen LogP contribution >= 0.6 is 0 Å². The second kappa shape index (κ2) is 12.8. The van der Waals surface area contributed by atoms with E-state index in [1.165, 1.54) is 94.7 Å². The molecule has 1 aliphatic carbocycles. The summed E-state index contributed by atoms with van der Waals surface area (Å²) in [5.74, 6) is -3.93. The topological polar surface area (TPSA) is 0 Å². The van der Waals surface area contributed by atoms with Gasteiger partial charge >= 0.3 is 0 Å². The highest BCUT2D eigenvalue weighted by atomic mass is 19.3. The molecule has 2 aromatic carbocycles. The van der Waals surface area contributed by atoms with Gasteiger partial charge < -0.3 is 0 Å². The van der Waals surface area contributed by atoms with Crippen molar-refractivity contribution in [2.24, 2.45) is 0 Å². The van der Waals surface area contributed by atoms with Crippen molar-refractivity contribution in [3.8, 4) is 11.1 Å². The lowest BCUT2D eigenvalue weighted by Crippen LogP contribution is -2.29. The van der Waals surface area contributed by atoms with Gasteiger partial charge in [-0.1, -0.05) is 108 Å². The minimum atomic E-state index is -3.12. The summed E-state index contributed by atoms with van der Waals surface area (Å²) in [4.78, 5) is 0. The molecule has 0 unspecified atom stereocenters. The Morgan fingerprint density at radius 1 is 0.735 bits per heavy atom. The van der Waals surface area contributed by atoms with Gasteiger partial charge in [0.15, 0.2) is 0 Å². The molecule has 0 saturated heterocycles. The first-order chi connectivity index (χ1) is 16.4. The van der Waals surface area contributed by atoms with Gasteiger partial charge in [0.2, 0.25) is 0 Å². The van der Waals surface area contributed by atoms with E-state index in [2.05, 4.69) is 31.2 Å². The van der Waals surface area contributed by atoms with Crippen molar-refractivity contribution < 1.29 is 13.2 Å². The van der Waals surface area contributed by atoms with Crippen LogP contribution in [-0.2, 0) is 11.3 Å². The molecule has 0 nitrogen and oxygen atoms in total. The van der Waals surface area contributed by atoms with Crippen LogP contribution < -0.4 is 0 Å². The number of benzene rings is 2. The molecular formula is C31H43F3. The molecule has 0 radical (unpaired) electrons. The molecule has 0 spiro atoms. The monoisotopic (exact) mass is 472 g/mol. The smallest absolute Gasteiger partial charge is 0.206 e. The van der Waals surface area contributed by atoms with E-state index in [-0.39, 0.29) is 11.8 Å². The van der Waals surface area contributed by atoms with Gasteiger partial charge in [-0.15, -0.1) is 0 Å². The average Bonchev–Trinajstić information content (AvgIpc) is 2.85. The second-order valence-electron chi connectivity index (χ2n) is 10.4. The van der Waals surface area contributed by atoms with Gasteiger partial charge in [-0.3, -0.25) is 0 Å². The molecule has 0 heterocycles. The van der Waals surface area contributed by atoms with E-state index < -0.39 is 17.3 Å². The van der Waals surface area contributed by atoms with E-state index in [0.29, 0.717) is 18.4 Å². The molecule has 0 amide bonds. The van der Waals surface area contributed by atoms with Crippen molar-refractivity contribution >= 4 is 0 Å². The molecule has 0 aliphatic heterocycles. The molecule has 34 heavy (non-hydrogen) atoms. The van der Waals surface area contributed by atoms with Crippen LogP contribution in [-0.4, -0.2) is 0 Å². The molecule has 188 valence electrons. The first-order valence-electron chi connectivity index (χ1n) is 13.7. The Labute approximate surface area is 205 Å². The third kappa shape index (κ3) is 6.89. The van der Waals surface area contributed by atoms with Gasteiger partial charge in [0.25, 0.3) is 5.92 Å². The van der Waals surface area contributed by atoms with Gasteiger partial charge in [-0.25, -0.2) is 13.2 Å². The fourth-order valence-corrected chi connectivity index (χ4v) is 5.70. The number of hydrogen-bond donors (Lipinski definition) is 0. The lowest BCUT2D eigenvalue weighted by molar-refractivity contribution is -0.0187. The summed E-state index contributed by atoms with van der Waals surface area (Å²) in [6, 6.07) is 12.7. The summed E-state index contributed by atoms with van der Waals surface area (Å²) in [5.41, 5.74) is 2.72. The summed E-state index contributed by atoms with van der Waals surface area (Å²) >= 11 is 0. The Bertz CT molecular complexity index is 863. The van der Waals surface area contributed by atoms with Crippen molar-refractivity contribution in [1.82, 2.24) is 0 Å². The van der Waals surface area contributed by atoms with Crippen molar-refractivity contribution in [2.45, 2.75) is 121 Å². The van der Waals surface area contributed by atoms with E-state index in [1.54, 1.807) is 6.07 Å². The first kappa shape index (κ1) is 26.8. The van der Waals surface area contributed by atoms with Gasteiger partial charge in [0, 0.05) is 6.42 Å². The molecule has 1 aliphatic rings. The van der Waals surface area contributed by atoms with Crippen LogP contribution in [0, 0.1) is 5.82 Å².